The maximum Gasteiger partial charge on any atom is 0.134 e. The van der Waals surface area contributed by atoms with Gasteiger partial charge in [-0.2, -0.15) is 0 Å². The van der Waals surface area contributed by atoms with E-state index >= 15 is 0 Å². The van der Waals surface area contributed by atoms with Crippen molar-refractivity contribution in [2.45, 2.75) is 64.9 Å². The third-order valence-electron chi connectivity index (χ3n) is 5.37. The van der Waals surface area contributed by atoms with E-state index in [1.807, 2.05) is 18.2 Å². The van der Waals surface area contributed by atoms with Crippen LogP contribution in [0.2, 0.25) is 0 Å². The smallest absolute Gasteiger partial charge is 0.134 e. The van der Waals surface area contributed by atoms with Gasteiger partial charge < -0.3 is 10.5 Å². The molecule has 2 nitrogen and oxygen atoms in total. The summed E-state index contributed by atoms with van der Waals surface area (Å²) in [4.78, 5) is 0. The van der Waals surface area contributed by atoms with Gasteiger partial charge in [-0.05, 0) is 85.9 Å². The van der Waals surface area contributed by atoms with E-state index in [0.29, 0.717) is 0 Å². The van der Waals surface area contributed by atoms with Crippen molar-refractivity contribution in [2.75, 3.05) is 5.73 Å². The number of benzene rings is 2. The molecule has 1 fully saturated rings. The number of nitrogens with two attached hydrogens (primary N) is 1. The van der Waals surface area contributed by atoms with Crippen molar-refractivity contribution in [3.05, 3.63) is 58.7 Å². The van der Waals surface area contributed by atoms with Crippen LogP contribution >= 0.6 is 0 Å². The van der Waals surface area contributed by atoms with Gasteiger partial charge in [0.15, 0.2) is 0 Å². The topological polar surface area (TPSA) is 35.2 Å². The molecule has 2 aromatic rings. The molecule has 3 rings (SSSR count). The summed E-state index contributed by atoms with van der Waals surface area (Å²) in [7, 11) is 0. The van der Waals surface area contributed by atoms with Crippen molar-refractivity contribution in [1.82, 2.24) is 0 Å². The van der Waals surface area contributed by atoms with Crippen LogP contribution in [0.5, 0.6) is 5.75 Å². The molecule has 2 heteroatoms. The van der Waals surface area contributed by atoms with Gasteiger partial charge in [-0.25, -0.2) is 0 Å². The SMILES string of the molecule is CCc1ccc(C2(Oc3ccc(N)cc3C)CCCC2)c(CC)c1. The van der Waals surface area contributed by atoms with Gasteiger partial charge in [0.2, 0.25) is 0 Å². The molecule has 0 atom stereocenters. The van der Waals surface area contributed by atoms with Gasteiger partial charge in [0.05, 0.1) is 0 Å². The maximum absolute atomic E-state index is 6.70. The van der Waals surface area contributed by atoms with Crippen LogP contribution < -0.4 is 10.5 Å². The van der Waals surface area contributed by atoms with E-state index in [4.69, 9.17) is 10.5 Å². The first-order chi connectivity index (χ1) is 11.6. The molecule has 2 N–H and O–H groups in total. The van der Waals surface area contributed by atoms with E-state index in [1.165, 1.54) is 29.5 Å². The lowest BCUT2D eigenvalue weighted by atomic mass is 9.85. The summed E-state index contributed by atoms with van der Waals surface area (Å²) in [6, 6.07) is 12.9. The number of hydrogen-bond donors (Lipinski definition) is 1. The normalized spacial score (nSPS) is 16.3. The Kier molecular flexibility index (Phi) is 4.84. The molecule has 1 aliphatic rings. The molecule has 128 valence electrons. The van der Waals surface area contributed by atoms with Crippen molar-refractivity contribution in [1.29, 1.82) is 0 Å². The first kappa shape index (κ1) is 16.9. The third-order valence-corrected chi connectivity index (χ3v) is 5.37. The largest absolute Gasteiger partial charge is 0.482 e. The van der Waals surface area contributed by atoms with Crippen molar-refractivity contribution >= 4 is 5.69 Å². The Morgan fingerprint density at radius 1 is 1.00 bits per heavy atom. The summed E-state index contributed by atoms with van der Waals surface area (Å²) < 4.78 is 6.70. The van der Waals surface area contributed by atoms with Gasteiger partial charge in [0, 0.05) is 5.69 Å². The van der Waals surface area contributed by atoms with Crippen LogP contribution in [0, 0.1) is 6.92 Å². The molecule has 0 radical (unpaired) electrons. The molecule has 2 aromatic carbocycles. The lowest BCUT2D eigenvalue weighted by Gasteiger charge is -2.33. The highest BCUT2D eigenvalue weighted by atomic mass is 16.5. The number of rotatable bonds is 5. The summed E-state index contributed by atoms with van der Waals surface area (Å²) >= 11 is 0. The molecule has 0 aliphatic heterocycles. The Labute approximate surface area is 146 Å². The predicted octanol–water partition coefficient (Wildman–Crippen LogP) is 5.55. The Hall–Kier alpha value is -1.96. The zero-order valence-corrected chi connectivity index (χ0v) is 15.2. The van der Waals surface area contributed by atoms with E-state index in [2.05, 4.69) is 39.0 Å². The van der Waals surface area contributed by atoms with Gasteiger partial charge in [0.25, 0.3) is 0 Å². The quantitative estimate of drug-likeness (QED) is 0.732. The van der Waals surface area contributed by atoms with Gasteiger partial charge >= 0.3 is 0 Å². The van der Waals surface area contributed by atoms with E-state index in [1.54, 1.807) is 0 Å². The Bertz CT molecular complexity index is 714. The summed E-state index contributed by atoms with van der Waals surface area (Å²) in [5, 5.41) is 0. The standard InChI is InChI=1S/C22H29NO/c1-4-17-8-10-20(18(5-2)15-17)22(12-6-7-13-22)24-21-11-9-19(23)14-16(21)3/h8-11,14-15H,4-7,12-13,23H2,1-3H3. The van der Waals surface area contributed by atoms with Crippen LogP contribution in [0.1, 0.15) is 61.8 Å². The molecule has 1 saturated carbocycles. The Morgan fingerprint density at radius 2 is 1.75 bits per heavy atom. The molecule has 0 unspecified atom stereocenters. The summed E-state index contributed by atoms with van der Waals surface area (Å²) in [5.41, 5.74) is 11.9. The molecule has 0 amide bonds. The minimum Gasteiger partial charge on any atom is -0.482 e. The molecule has 1 aliphatic carbocycles. The van der Waals surface area contributed by atoms with Crippen LogP contribution in [0.4, 0.5) is 5.69 Å². The number of hydrogen-bond acceptors (Lipinski definition) is 2. The second-order valence-electron chi connectivity index (χ2n) is 7.03. The molecule has 0 heterocycles. The van der Waals surface area contributed by atoms with Crippen LogP contribution in [0.3, 0.4) is 0 Å². The van der Waals surface area contributed by atoms with Gasteiger partial charge in [-0.1, -0.05) is 32.0 Å². The predicted molar refractivity (Wildman–Crippen MR) is 102 cm³/mol. The monoisotopic (exact) mass is 323 g/mol. The van der Waals surface area contributed by atoms with Crippen molar-refractivity contribution in [3.63, 3.8) is 0 Å². The first-order valence-electron chi connectivity index (χ1n) is 9.25. The fraction of sp³-hybridized carbons (Fsp3) is 0.455. The fourth-order valence-electron chi connectivity index (χ4n) is 3.97. The molecule has 0 aromatic heterocycles. The van der Waals surface area contributed by atoms with Gasteiger partial charge in [0.1, 0.15) is 11.4 Å². The zero-order valence-electron chi connectivity index (χ0n) is 15.2. The van der Waals surface area contributed by atoms with Crippen LogP contribution in [0.15, 0.2) is 36.4 Å². The zero-order chi connectivity index (χ0) is 17.2. The minimum atomic E-state index is -0.182. The highest BCUT2D eigenvalue weighted by Gasteiger charge is 2.39. The van der Waals surface area contributed by atoms with Gasteiger partial charge in [-0.15, -0.1) is 0 Å². The second-order valence-corrected chi connectivity index (χ2v) is 7.03. The summed E-state index contributed by atoms with van der Waals surface area (Å²) in [5.74, 6) is 0.965. The Balaban J connectivity index is 2.03. The van der Waals surface area contributed by atoms with Crippen LogP contribution in [-0.4, -0.2) is 0 Å². The highest BCUT2D eigenvalue weighted by Crippen LogP contribution is 2.45. The average Bonchev–Trinajstić information content (AvgIpc) is 3.06. The number of aryl methyl sites for hydroxylation is 3. The lowest BCUT2D eigenvalue weighted by molar-refractivity contribution is 0.0722. The highest BCUT2D eigenvalue weighted by molar-refractivity contribution is 5.48. The number of ether oxygens (including phenoxy) is 1. The summed E-state index contributed by atoms with van der Waals surface area (Å²) in [6.45, 7) is 6.54. The first-order valence-corrected chi connectivity index (χ1v) is 9.25. The van der Waals surface area contributed by atoms with Gasteiger partial charge in [-0.3, -0.25) is 0 Å². The van der Waals surface area contributed by atoms with E-state index < -0.39 is 0 Å². The van der Waals surface area contributed by atoms with E-state index in [-0.39, 0.29) is 5.60 Å². The van der Waals surface area contributed by atoms with Crippen molar-refractivity contribution in [2.24, 2.45) is 0 Å². The average molecular weight is 323 g/mol. The number of anilines is 1. The molecule has 0 spiro atoms. The van der Waals surface area contributed by atoms with E-state index in [9.17, 15) is 0 Å². The molecular formula is C22H29NO. The van der Waals surface area contributed by atoms with E-state index in [0.717, 1.165) is 42.7 Å². The number of nitrogen functional groups attached to an aromatic ring is 1. The minimum absolute atomic E-state index is 0.182. The molecule has 0 saturated heterocycles. The Morgan fingerprint density at radius 3 is 2.38 bits per heavy atom. The molecule has 0 bridgehead atoms. The lowest BCUT2D eigenvalue weighted by Crippen LogP contribution is -2.31. The third kappa shape index (κ3) is 3.15. The van der Waals surface area contributed by atoms with Crippen LogP contribution in [0.25, 0.3) is 0 Å². The molecule has 24 heavy (non-hydrogen) atoms. The van der Waals surface area contributed by atoms with Crippen molar-refractivity contribution in [3.8, 4) is 5.75 Å². The second kappa shape index (κ2) is 6.88. The molecular weight excluding hydrogens is 294 g/mol. The summed E-state index contributed by atoms with van der Waals surface area (Å²) in [6.07, 6.45) is 6.77. The fourth-order valence-corrected chi connectivity index (χ4v) is 3.97. The van der Waals surface area contributed by atoms with Crippen molar-refractivity contribution < 1.29 is 4.74 Å². The van der Waals surface area contributed by atoms with Crippen LogP contribution in [-0.2, 0) is 18.4 Å². The maximum atomic E-state index is 6.70.